The summed E-state index contributed by atoms with van der Waals surface area (Å²) < 4.78 is 51.9. The van der Waals surface area contributed by atoms with Crippen LogP contribution in [0.15, 0.2) is 36.7 Å². The fraction of sp³-hybridized carbons (Fsp3) is 0.476. The van der Waals surface area contributed by atoms with Crippen molar-refractivity contribution >= 4 is 11.7 Å². The molecule has 2 heterocycles. The Hall–Kier alpha value is -3.24. The Morgan fingerprint density at radius 2 is 1.78 bits per heavy atom. The average Bonchev–Trinajstić information content (AvgIpc) is 2.75. The Morgan fingerprint density at radius 1 is 1.06 bits per heavy atom. The van der Waals surface area contributed by atoms with E-state index in [1.165, 1.54) is 18.5 Å². The van der Waals surface area contributed by atoms with Crippen LogP contribution in [0.1, 0.15) is 13.8 Å². The zero-order valence-electron chi connectivity index (χ0n) is 17.8. The van der Waals surface area contributed by atoms with E-state index in [1.54, 1.807) is 11.0 Å². The van der Waals surface area contributed by atoms with Gasteiger partial charge >= 0.3 is 6.36 Å². The molecule has 11 heteroatoms. The van der Waals surface area contributed by atoms with E-state index in [-0.39, 0.29) is 18.3 Å². The van der Waals surface area contributed by atoms with Gasteiger partial charge in [0.25, 0.3) is 5.91 Å². The molecule has 0 aliphatic carbocycles. The highest BCUT2D eigenvalue weighted by Crippen LogP contribution is 2.26. The van der Waals surface area contributed by atoms with E-state index < -0.39 is 12.1 Å². The molecule has 1 aromatic heterocycles. The second-order valence-electron chi connectivity index (χ2n) is 7.60. The molecule has 0 N–H and O–H groups in total. The third-order valence-corrected chi connectivity index (χ3v) is 4.55. The highest BCUT2D eigenvalue weighted by Gasteiger charge is 2.31. The van der Waals surface area contributed by atoms with Crippen LogP contribution in [0.3, 0.4) is 0 Å². The lowest BCUT2D eigenvalue weighted by molar-refractivity contribution is -0.274. The van der Waals surface area contributed by atoms with Crippen molar-refractivity contribution in [3.05, 3.63) is 36.7 Å². The molecule has 32 heavy (non-hydrogen) atoms. The van der Waals surface area contributed by atoms with Crippen LogP contribution in [0.25, 0.3) is 0 Å². The second-order valence-corrected chi connectivity index (χ2v) is 7.60. The van der Waals surface area contributed by atoms with Crippen LogP contribution in [0.5, 0.6) is 17.4 Å². The smallest absolute Gasteiger partial charge is 0.484 e. The van der Waals surface area contributed by atoms with Gasteiger partial charge in [0.05, 0.1) is 6.61 Å². The van der Waals surface area contributed by atoms with Gasteiger partial charge in [-0.15, -0.1) is 13.2 Å². The topological polar surface area (TPSA) is 77.0 Å². The highest BCUT2D eigenvalue weighted by atomic mass is 19.4. The number of carbonyl (C=O) groups is 1. The van der Waals surface area contributed by atoms with Gasteiger partial charge in [0.1, 0.15) is 23.6 Å². The van der Waals surface area contributed by atoms with E-state index in [1.807, 2.05) is 4.90 Å². The van der Waals surface area contributed by atoms with Gasteiger partial charge in [0, 0.05) is 38.3 Å². The first-order valence-corrected chi connectivity index (χ1v) is 10.2. The van der Waals surface area contributed by atoms with Crippen molar-refractivity contribution in [2.45, 2.75) is 20.2 Å². The molecule has 1 amide bonds. The minimum Gasteiger partial charge on any atom is -0.484 e. The van der Waals surface area contributed by atoms with Crippen molar-refractivity contribution in [3.63, 3.8) is 0 Å². The number of hydrogen-bond acceptors (Lipinski definition) is 7. The molecule has 174 valence electrons. The number of piperazine rings is 1. The first-order valence-electron chi connectivity index (χ1n) is 10.2. The Kier molecular flexibility index (Phi) is 7.60. The molecule has 0 spiro atoms. The van der Waals surface area contributed by atoms with Crippen molar-refractivity contribution in [1.82, 2.24) is 14.9 Å². The number of halogens is 3. The number of alkyl halides is 3. The molecule has 8 nitrogen and oxygen atoms in total. The fourth-order valence-corrected chi connectivity index (χ4v) is 3.02. The Labute approximate surface area is 183 Å². The first kappa shape index (κ1) is 23.4. The summed E-state index contributed by atoms with van der Waals surface area (Å²) in [5.74, 6) is 1.07. The fourth-order valence-electron chi connectivity index (χ4n) is 3.02. The molecule has 3 rings (SSSR count). The van der Waals surface area contributed by atoms with Gasteiger partial charge in [0.15, 0.2) is 6.61 Å². The van der Waals surface area contributed by atoms with Crippen LogP contribution in [0.2, 0.25) is 0 Å². The number of hydrogen-bond donors (Lipinski definition) is 0. The van der Waals surface area contributed by atoms with Crippen molar-refractivity contribution in [2.24, 2.45) is 5.92 Å². The molecule has 1 fully saturated rings. The normalized spacial score (nSPS) is 14.4. The summed E-state index contributed by atoms with van der Waals surface area (Å²) in [7, 11) is 0. The first-order chi connectivity index (χ1) is 15.2. The number of benzene rings is 1. The molecule has 0 saturated carbocycles. The molecule has 2 aromatic rings. The lowest BCUT2D eigenvalue weighted by atomic mass is 10.2. The van der Waals surface area contributed by atoms with E-state index in [2.05, 4.69) is 28.6 Å². The van der Waals surface area contributed by atoms with E-state index in [9.17, 15) is 18.0 Å². The molecule has 0 bridgehead atoms. The van der Waals surface area contributed by atoms with Crippen LogP contribution >= 0.6 is 0 Å². The van der Waals surface area contributed by atoms with Crippen molar-refractivity contribution in [1.29, 1.82) is 0 Å². The third-order valence-electron chi connectivity index (χ3n) is 4.55. The highest BCUT2D eigenvalue weighted by molar-refractivity contribution is 5.78. The van der Waals surface area contributed by atoms with Crippen LogP contribution in [0, 0.1) is 5.92 Å². The molecule has 1 aliphatic rings. The monoisotopic (exact) mass is 454 g/mol. The number of aromatic nitrogens is 2. The summed E-state index contributed by atoms with van der Waals surface area (Å²) in [5, 5.41) is 0. The van der Waals surface area contributed by atoms with Crippen molar-refractivity contribution < 1.29 is 32.2 Å². The van der Waals surface area contributed by atoms with Crippen molar-refractivity contribution in [3.8, 4) is 17.4 Å². The van der Waals surface area contributed by atoms with E-state index in [0.717, 1.165) is 18.0 Å². The Morgan fingerprint density at radius 3 is 2.47 bits per heavy atom. The van der Waals surface area contributed by atoms with Gasteiger partial charge in [-0.05, 0) is 18.1 Å². The molecule has 0 unspecified atom stereocenters. The standard InChI is InChI=1S/C21H25F3N4O4/c1-15(2)12-31-19-11-18(25-14-26-19)27-6-8-28(9-7-27)20(29)13-30-16-4-3-5-17(10-16)32-21(22,23)24/h3-5,10-11,14-15H,6-9,12-13H2,1-2H3. The maximum atomic E-state index is 12.5. The summed E-state index contributed by atoms with van der Waals surface area (Å²) in [6.45, 7) is 6.45. The van der Waals surface area contributed by atoms with Gasteiger partial charge in [-0.25, -0.2) is 9.97 Å². The Bertz CT molecular complexity index is 903. The van der Waals surface area contributed by atoms with Gasteiger partial charge < -0.3 is 24.0 Å². The zero-order chi connectivity index (χ0) is 23.1. The number of carbonyl (C=O) groups excluding carboxylic acids is 1. The molecule has 1 aromatic carbocycles. The lowest BCUT2D eigenvalue weighted by Gasteiger charge is -2.35. The Balaban J connectivity index is 1.48. The summed E-state index contributed by atoms with van der Waals surface area (Å²) in [5.41, 5.74) is 0. The average molecular weight is 454 g/mol. The molecule has 1 saturated heterocycles. The van der Waals surface area contributed by atoms with Gasteiger partial charge in [-0.1, -0.05) is 19.9 Å². The van der Waals surface area contributed by atoms with E-state index >= 15 is 0 Å². The second kappa shape index (κ2) is 10.4. The summed E-state index contributed by atoms with van der Waals surface area (Å²) in [6.07, 6.45) is -3.34. The van der Waals surface area contributed by atoms with E-state index in [4.69, 9.17) is 9.47 Å². The van der Waals surface area contributed by atoms with Crippen LogP contribution in [0.4, 0.5) is 19.0 Å². The predicted octanol–water partition coefficient (Wildman–Crippen LogP) is 3.14. The number of anilines is 1. The zero-order valence-corrected chi connectivity index (χ0v) is 17.8. The largest absolute Gasteiger partial charge is 0.573 e. The van der Waals surface area contributed by atoms with Gasteiger partial charge in [0.2, 0.25) is 5.88 Å². The molecule has 0 radical (unpaired) electrons. The summed E-state index contributed by atoms with van der Waals surface area (Å²) in [4.78, 5) is 24.5. The van der Waals surface area contributed by atoms with Crippen LogP contribution in [-0.4, -0.2) is 66.5 Å². The van der Waals surface area contributed by atoms with E-state index in [0.29, 0.717) is 44.6 Å². The molecule has 0 atom stereocenters. The lowest BCUT2D eigenvalue weighted by Crippen LogP contribution is -2.50. The predicted molar refractivity (Wildman–Crippen MR) is 110 cm³/mol. The van der Waals surface area contributed by atoms with Crippen LogP contribution in [-0.2, 0) is 4.79 Å². The maximum Gasteiger partial charge on any atom is 0.573 e. The minimum atomic E-state index is -4.79. The molecular weight excluding hydrogens is 429 g/mol. The number of nitrogens with zero attached hydrogens (tertiary/aromatic N) is 4. The quantitative estimate of drug-likeness (QED) is 0.607. The number of rotatable bonds is 8. The summed E-state index contributed by atoms with van der Waals surface area (Å²) >= 11 is 0. The third kappa shape index (κ3) is 7.17. The minimum absolute atomic E-state index is 0.119. The van der Waals surface area contributed by atoms with Crippen LogP contribution < -0.4 is 19.1 Å². The van der Waals surface area contributed by atoms with Crippen molar-refractivity contribution in [2.75, 3.05) is 44.3 Å². The van der Waals surface area contributed by atoms with Gasteiger partial charge in [-0.2, -0.15) is 0 Å². The SMILES string of the molecule is CC(C)COc1cc(N2CCN(C(=O)COc3cccc(OC(F)(F)F)c3)CC2)ncn1. The molecule has 1 aliphatic heterocycles. The maximum absolute atomic E-state index is 12.5. The molecular formula is C21H25F3N4O4. The summed E-state index contributed by atoms with van der Waals surface area (Å²) in [6, 6.07) is 6.85. The number of amides is 1. The number of ether oxygens (including phenoxy) is 3. The van der Waals surface area contributed by atoms with Gasteiger partial charge in [-0.3, -0.25) is 4.79 Å².